The van der Waals surface area contributed by atoms with Crippen LogP contribution >= 0.6 is 0 Å². The minimum atomic E-state index is 0.215. The zero-order valence-corrected chi connectivity index (χ0v) is 8.52. The molecule has 0 N–H and O–H groups in total. The molecule has 0 heterocycles. The Morgan fingerprint density at radius 2 is 1.69 bits per heavy atom. The average molecular weight is 171 g/mol. The first-order valence-electron chi connectivity index (χ1n) is 4.53. The molecule has 13 heavy (non-hydrogen) atoms. The van der Waals surface area contributed by atoms with Crippen molar-refractivity contribution in [3.05, 3.63) is 41.8 Å². The maximum absolute atomic E-state index is 6.87. The molecule has 0 amide bonds. The first kappa shape index (κ1) is 9.86. The summed E-state index contributed by atoms with van der Waals surface area (Å²) in [7, 11) is 0. The molecule has 0 atom stereocenters. The summed E-state index contributed by atoms with van der Waals surface area (Å²) in [5, 5.41) is 0. The van der Waals surface area contributed by atoms with E-state index in [9.17, 15) is 0 Å². The summed E-state index contributed by atoms with van der Waals surface area (Å²) < 4.78 is 0. The van der Waals surface area contributed by atoms with E-state index in [4.69, 9.17) is 6.42 Å². The van der Waals surface area contributed by atoms with Crippen LogP contribution in [0.1, 0.15) is 31.9 Å². The largest absolute Gasteiger partial charge is 0.0843 e. The Balaban J connectivity index is 2.89. The van der Waals surface area contributed by atoms with E-state index in [0.29, 0.717) is 6.42 Å². The van der Waals surface area contributed by atoms with E-state index in [-0.39, 0.29) is 5.41 Å². The normalized spacial score (nSPS) is 10.9. The Morgan fingerprint density at radius 3 is 2.08 bits per heavy atom. The second kappa shape index (κ2) is 3.66. The van der Waals surface area contributed by atoms with Crippen molar-refractivity contribution in [2.24, 2.45) is 0 Å². The zero-order valence-electron chi connectivity index (χ0n) is 8.52. The van der Waals surface area contributed by atoms with Crippen LogP contribution in [0.5, 0.6) is 0 Å². The molecular formula is C13H15. The van der Waals surface area contributed by atoms with Crippen LogP contribution in [0.4, 0.5) is 0 Å². The summed E-state index contributed by atoms with van der Waals surface area (Å²) in [6.45, 7) is 6.60. The molecule has 0 bridgehead atoms. The highest BCUT2D eigenvalue weighted by Crippen LogP contribution is 2.22. The van der Waals surface area contributed by atoms with Crippen molar-refractivity contribution in [2.75, 3.05) is 0 Å². The van der Waals surface area contributed by atoms with Crippen LogP contribution in [0, 0.1) is 12.3 Å². The highest BCUT2D eigenvalue weighted by molar-refractivity contribution is 5.28. The van der Waals surface area contributed by atoms with Crippen LogP contribution in [-0.4, -0.2) is 0 Å². The van der Waals surface area contributed by atoms with Gasteiger partial charge in [-0.15, -0.1) is 0 Å². The molecule has 0 nitrogen and oxygen atoms in total. The summed E-state index contributed by atoms with van der Waals surface area (Å²) in [6, 6.07) is 8.41. The summed E-state index contributed by atoms with van der Waals surface area (Å²) in [6.07, 6.45) is 7.48. The van der Waals surface area contributed by atoms with E-state index < -0.39 is 0 Å². The van der Waals surface area contributed by atoms with Gasteiger partial charge in [0.05, 0.1) is 0 Å². The molecule has 0 unspecified atom stereocenters. The Bertz CT molecular complexity index is 303. The summed E-state index contributed by atoms with van der Waals surface area (Å²) in [4.78, 5) is 0. The van der Waals surface area contributed by atoms with Crippen LogP contribution in [0.3, 0.4) is 0 Å². The fraction of sp³-hybridized carbons (Fsp3) is 0.385. The third-order valence-corrected chi connectivity index (χ3v) is 2.11. The van der Waals surface area contributed by atoms with E-state index >= 15 is 0 Å². The third kappa shape index (κ3) is 2.63. The lowest BCUT2D eigenvalue weighted by Gasteiger charge is -2.18. The van der Waals surface area contributed by atoms with Crippen molar-refractivity contribution >= 4 is 0 Å². The molecule has 0 fully saturated rings. The monoisotopic (exact) mass is 171 g/mol. The van der Waals surface area contributed by atoms with Gasteiger partial charge in [-0.3, -0.25) is 0 Å². The van der Waals surface area contributed by atoms with Gasteiger partial charge in [0.2, 0.25) is 0 Å². The lowest BCUT2D eigenvalue weighted by Crippen LogP contribution is -2.10. The van der Waals surface area contributed by atoms with Crippen LogP contribution in [0.2, 0.25) is 0 Å². The number of benzene rings is 1. The van der Waals surface area contributed by atoms with Gasteiger partial charge in [0.1, 0.15) is 0 Å². The van der Waals surface area contributed by atoms with Crippen molar-refractivity contribution in [1.82, 2.24) is 0 Å². The number of rotatable bonds is 1. The van der Waals surface area contributed by atoms with Crippen molar-refractivity contribution in [3.8, 4) is 5.92 Å². The second-order valence-electron chi connectivity index (χ2n) is 4.30. The number of hydrogen-bond donors (Lipinski definition) is 0. The van der Waals surface area contributed by atoms with Crippen LogP contribution in [0.15, 0.2) is 24.3 Å². The fourth-order valence-corrected chi connectivity index (χ4v) is 1.22. The molecule has 0 saturated carbocycles. The Hall–Kier alpha value is -1.22. The lowest BCUT2D eigenvalue weighted by molar-refractivity contribution is 0.590. The van der Waals surface area contributed by atoms with Gasteiger partial charge in [-0.05, 0) is 23.0 Å². The van der Waals surface area contributed by atoms with E-state index in [0.717, 1.165) is 5.56 Å². The zero-order chi connectivity index (χ0) is 9.90. The third-order valence-electron chi connectivity index (χ3n) is 2.11. The standard InChI is InChI=1S/C13H15/c1-5-6-11-7-9-12(10-8-11)13(2,3)4/h7-10H,6H2,2-4H3. The van der Waals surface area contributed by atoms with Crippen molar-refractivity contribution < 1.29 is 0 Å². The molecule has 0 aliphatic carbocycles. The molecular weight excluding hydrogens is 156 g/mol. The second-order valence-corrected chi connectivity index (χ2v) is 4.30. The summed E-state index contributed by atoms with van der Waals surface area (Å²) >= 11 is 0. The van der Waals surface area contributed by atoms with Crippen LogP contribution in [0.25, 0.3) is 0 Å². The van der Waals surface area contributed by atoms with E-state index in [2.05, 4.69) is 51.0 Å². The van der Waals surface area contributed by atoms with Gasteiger partial charge in [-0.25, -0.2) is 0 Å². The van der Waals surface area contributed by atoms with Crippen LogP contribution < -0.4 is 0 Å². The van der Waals surface area contributed by atoms with E-state index in [1.54, 1.807) is 0 Å². The molecule has 0 heteroatoms. The SMILES string of the molecule is [C]#CCc1ccc(C(C)(C)C)cc1. The van der Waals surface area contributed by atoms with E-state index in [1.165, 1.54) is 5.56 Å². The molecule has 0 aliphatic rings. The topological polar surface area (TPSA) is 0 Å². The van der Waals surface area contributed by atoms with Crippen molar-refractivity contribution in [2.45, 2.75) is 32.6 Å². The predicted molar refractivity (Wildman–Crippen MR) is 56.0 cm³/mol. The molecule has 1 rings (SSSR count). The predicted octanol–water partition coefficient (Wildman–Crippen LogP) is 3.12. The Morgan fingerprint density at radius 1 is 1.15 bits per heavy atom. The Kier molecular flexibility index (Phi) is 2.78. The first-order valence-corrected chi connectivity index (χ1v) is 4.53. The molecule has 1 radical (unpaired) electrons. The average Bonchev–Trinajstić information content (AvgIpc) is 2.04. The van der Waals surface area contributed by atoms with Gasteiger partial charge in [0.15, 0.2) is 0 Å². The van der Waals surface area contributed by atoms with Gasteiger partial charge in [0, 0.05) is 6.42 Å². The minimum absolute atomic E-state index is 0.215. The molecule has 0 aliphatic heterocycles. The van der Waals surface area contributed by atoms with Gasteiger partial charge in [-0.1, -0.05) is 51.0 Å². The van der Waals surface area contributed by atoms with Crippen molar-refractivity contribution in [1.29, 1.82) is 0 Å². The maximum Gasteiger partial charge on any atom is 0.0350 e. The summed E-state index contributed by atoms with van der Waals surface area (Å²) in [5.74, 6) is 2.39. The Labute approximate surface area is 81.0 Å². The number of hydrogen-bond acceptors (Lipinski definition) is 0. The lowest BCUT2D eigenvalue weighted by atomic mass is 9.86. The maximum atomic E-state index is 6.87. The molecule has 0 aromatic heterocycles. The molecule has 0 saturated heterocycles. The van der Waals surface area contributed by atoms with Gasteiger partial charge < -0.3 is 0 Å². The highest BCUT2D eigenvalue weighted by Gasteiger charge is 2.12. The minimum Gasteiger partial charge on any atom is -0.0843 e. The van der Waals surface area contributed by atoms with Gasteiger partial charge >= 0.3 is 0 Å². The summed E-state index contributed by atoms with van der Waals surface area (Å²) in [5.41, 5.74) is 2.71. The fourth-order valence-electron chi connectivity index (χ4n) is 1.22. The molecule has 1 aromatic rings. The molecule has 1 aromatic carbocycles. The van der Waals surface area contributed by atoms with E-state index in [1.807, 2.05) is 0 Å². The van der Waals surface area contributed by atoms with Crippen molar-refractivity contribution in [3.63, 3.8) is 0 Å². The molecule has 67 valence electrons. The van der Waals surface area contributed by atoms with Crippen LogP contribution in [-0.2, 0) is 11.8 Å². The van der Waals surface area contributed by atoms with Gasteiger partial charge in [-0.2, -0.15) is 0 Å². The molecule has 0 spiro atoms. The van der Waals surface area contributed by atoms with Gasteiger partial charge in [0.25, 0.3) is 0 Å². The smallest absolute Gasteiger partial charge is 0.0350 e. The quantitative estimate of drug-likeness (QED) is 0.569. The first-order chi connectivity index (χ1) is 6.04. The highest BCUT2D eigenvalue weighted by atomic mass is 14.2.